The minimum atomic E-state index is -3.75. The first-order chi connectivity index (χ1) is 13.2. The Labute approximate surface area is 176 Å². The monoisotopic (exact) mass is 479 g/mol. The Morgan fingerprint density at radius 2 is 1.86 bits per heavy atom. The Morgan fingerprint density at radius 1 is 1.14 bits per heavy atom. The van der Waals surface area contributed by atoms with Crippen LogP contribution in [0.2, 0.25) is 0 Å². The van der Waals surface area contributed by atoms with E-state index < -0.39 is 10.0 Å². The lowest BCUT2D eigenvalue weighted by atomic mass is 10.2. The Kier molecular flexibility index (Phi) is 6.17. The molecule has 1 aromatic heterocycles. The molecule has 1 heterocycles. The number of rotatable bonds is 6. The minimum Gasteiger partial charge on any atom is -0.298 e. The van der Waals surface area contributed by atoms with Crippen molar-refractivity contribution >= 4 is 54.0 Å². The minimum absolute atomic E-state index is 0.134. The van der Waals surface area contributed by atoms with E-state index in [0.717, 1.165) is 10.2 Å². The second kappa shape index (κ2) is 8.42. The lowest BCUT2D eigenvalue weighted by Crippen LogP contribution is -2.15. The molecule has 1 amide bonds. The number of thiazole rings is 1. The van der Waals surface area contributed by atoms with Gasteiger partial charge in [0.25, 0.3) is 15.9 Å². The largest absolute Gasteiger partial charge is 0.298 e. The molecule has 0 saturated heterocycles. The summed E-state index contributed by atoms with van der Waals surface area (Å²) < 4.78 is 28.3. The van der Waals surface area contributed by atoms with Gasteiger partial charge in [0.05, 0.1) is 10.6 Å². The smallest absolute Gasteiger partial charge is 0.261 e. The van der Waals surface area contributed by atoms with E-state index >= 15 is 0 Å². The molecule has 3 rings (SSSR count). The van der Waals surface area contributed by atoms with Crippen LogP contribution in [0.4, 0.5) is 10.8 Å². The van der Waals surface area contributed by atoms with E-state index in [4.69, 9.17) is 0 Å². The van der Waals surface area contributed by atoms with Crippen LogP contribution < -0.4 is 10.0 Å². The summed E-state index contributed by atoms with van der Waals surface area (Å²) in [4.78, 5) is 17.0. The topological polar surface area (TPSA) is 88.2 Å². The van der Waals surface area contributed by atoms with Crippen molar-refractivity contribution in [2.24, 2.45) is 0 Å². The van der Waals surface area contributed by atoms with Crippen LogP contribution in [-0.2, 0) is 10.0 Å². The summed E-state index contributed by atoms with van der Waals surface area (Å²) in [6.45, 7) is 4.06. The van der Waals surface area contributed by atoms with Crippen molar-refractivity contribution in [3.05, 3.63) is 69.6 Å². The molecule has 2 aromatic carbocycles. The third-order valence-corrected chi connectivity index (χ3v) is 6.54. The third-order valence-electron chi connectivity index (χ3n) is 3.83. The van der Waals surface area contributed by atoms with Crippen molar-refractivity contribution in [3.8, 4) is 0 Å². The molecular formula is C19H18BrN3O3S2. The van der Waals surface area contributed by atoms with Crippen molar-refractivity contribution in [1.82, 2.24) is 4.98 Å². The highest BCUT2D eigenvalue weighted by Gasteiger charge is 2.16. The lowest BCUT2D eigenvalue weighted by molar-refractivity contribution is 0.102. The fourth-order valence-electron chi connectivity index (χ4n) is 2.33. The van der Waals surface area contributed by atoms with E-state index in [1.807, 2.05) is 19.2 Å². The molecule has 9 heteroatoms. The van der Waals surface area contributed by atoms with Gasteiger partial charge in [0.1, 0.15) is 0 Å². The van der Waals surface area contributed by atoms with Crippen molar-refractivity contribution in [3.63, 3.8) is 0 Å². The predicted octanol–water partition coefficient (Wildman–Crippen LogP) is 5.08. The highest BCUT2D eigenvalue weighted by atomic mass is 79.9. The predicted molar refractivity (Wildman–Crippen MR) is 116 cm³/mol. The fraction of sp³-hybridized carbons (Fsp3) is 0.158. The van der Waals surface area contributed by atoms with E-state index in [0.29, 0.717) is 16.4 Å². The summed E-state index contributed by atoms with van der Waals surface area (Å²) in [5.41, 5.74) is 1.55. The van der Waals surface area contributed by atoms with Gasteiger partial charge in [-0.1, -0.05) is 35.8 Å². The molecule has 0 atom stereocenters. The van der Waals surface area contributed by atoms with Crippen LogP contribution in [0.5, 0.6) is 0 Å². The average molecular weight is 480 g/mol. The Morgan fingerprint density at radius 3 is 2.50 bits per heavy atom. The Bertz CT molecular complexity index is 1090. The number of nitrogens with one attached hydrogen (secondary N) is 2. The molecule has 0 aliphatic carbocycles. The highest BCUT2D eigenvalue weighted by molar-refractivity contribution is 9.10. The maximum Gasteiger partial charge on any atom is 0.261 e. The number of hydrogen-bond acceptors (Lipinski definition) is 5. The maximum absolute atomic E-state index is 12.5. The molecule has 6 nitrogen and oxygen atoms in total. The maximum atomic E-state index is 12.5. The molecule has 28 heavy (non-hydrogen) atoms. The first-order valence-electron chi connectivity index (χ1n) is 8.40. The molecule has 0 unspecified atom stereocenters. The lowest BCUT2D eigenvalue weighted by Gasteiger charge is -2.09. The summed E-state index contributed by atoms with van der Waals surface area (Å²) in [6, 6.07) is 12.6. The van der Waals surface area contributed by atoms with E-state index in [-0.39, 0.29) is 16.7 Å². The van der Waals surface area contributed by atoms with E-state index in [2.05, 4.69) is 31.0 Å². The molecule has 0 bridgehead atoms. The van der Waals surface area contributed by atoms with Crippen molar-refractivity contribution in [2.45, 2.75) is 24.7 Å². The number of anilines is 2. The molecule has 3 aromatic rings. The first kappa shape index (κ1) is 20.5. The molecule has 146 valence electrons. The van der Waals surface area contributed by atoms with E-state index in [1.54, 1.807) is 30.3 Å². The number of benzene rings is 2. The van der Waals surface area contributed by atoms with Gasteiger partial charge in [-0.05, 0) is 48.4 Å². The van der Waals surface area contributed by atoms with Gasteiger partial charge in [-0.3, -0.25) is 14.8 Å². The highest BCUT2D eigenvalue weighted by Crippen LogP contribution is 2.23. The van der Waals surface area contributed by atoms with Crippen LogP contribution in [0.1, 0.15) is 35.8 Å². The van der Waals surface area contributed by atoms with Crippen LogP contribution in [-0.4, -0.2) is 19.3 Å². The molecule has 0 fully saturated rings. The van der Waals surface area contributed by atoms with Crippen LogP contribution in [0.15, 0.2) is 63.3 Å². The summed E-state index contributed by atoms with van der Waals surface area (Å²) >= 11 is 4.63. The molecule has 0 aliphatic heterocycles. The Balaban J connectivity index is 1.75. The van der Waals surface area contributed by atoms with Crippen molar-refractivity contribution in [1.29, 1.82) is 0 Å². The number of nitrogens with zero attached hydrogens (tertiary/aromatic N) is 1. The average Bonchev–Trinajstić information content (AvgIpc) is 3.11. The van der Waals surface area contributed by atoms with Crippen LogP contribution in [0, 0.1) is 0 Å². The molecule has 0 radical (unpaired) electrons. The summed E-state index contributed by atoms with van der Waals surface area (Å²) in [7, 11) is -3.75. The molecular weight excluding hydrogens is 462 g/mol. The number of halogens is 1. The van der Waals surface area contributed by atoms with E-state index in [1.165, 1.54) is 29.5 Å². The molecule has 2 N–H and O–H groups in total. The third kappa shape index (κ3) is 4.98. The van der Waals surface area contributed by atoms with Gasteiger partial charge < -0.3 is 0 Å². The van der Waals surface area contributed by atoms with Crippen LogP contribution in [0.25, 0.3) is 0 Å². The quantitative estimate of drug-likeness (QED) is 0.515. The van der Waals surface area contributed by atoms with Crippen molar-refractivity contribution < 1.29 is 13.2 Å². The molecule has 0 aliphatic rings. The molecule has 0 saturated carbocycles. The number of amides is 1. The van der Waals surface area contributed by atoms with Gasteiger partial charge in [-0.15, -0.1) is 11.3 Å². The zero-order valence-corrected chi connectivity index (χ0v) is 18.4. The number of carbonyl (C=O) groups is 1. The Hall–Kier alpha value is -2.23. The summed E-state index contributed by atoms with van der Waals surface area (Å²) in [5.74, 6) is -0.0763. The summed E-state index contributed by atoms with van der Waals surface area (Å²) in [5, 5.41) is 5.16. The van der Waals surface area contributed by atoms with Gasteiger partial charge in [-0.25, -0.2) is 13.4 Å². The second-order valence-corrected chi connectivity index (χ2v) is 9.78. The van der Waals surface area contributed by atoms with Gasteiger partial charge in [0.2, 0.25) is 0 Å². The van der Waals surface area contributed by atoms with E-state index in [9.17, 15) is 13.2 Å². The van der Waals surface area contributed by atoms with Crippen LogP contribution >= 0.6 is 27.3 Å². The zero-order chi connectivity index (χ0) is 20.3. The van der Waals surface area contributed by atoms with Gasteiger partial charge in [0.15, 0.2) is 5.13 Å². The zero-order valence-electron chi connectivity index (χ0n) is 15.1. The summed E-state index contributed by atoms with van der Waals surface area (Å²) in [6.07, 6.45) is 0. The standard InChI is InChI=1S/C19H18BrN3O3S2/c1-12(2)17-11-27-19(21-17)22-18(24)13-4-3-5-15(10-13)23-28(25,26)16-8-6-14(20)7-9-16/h3-12,23H,1-2H3,(H,21,22,24). The number of sulfonamides is 1. The van der Waals surface area contributed by atoms with Gasteiger partial charge in [-0.2, -0.15) is 0 Å². The SMILES string of the molecule is CC(C)c1csc(NC(=O)c2cccc(NS(=O)(=O)c3ccc(Br)cc3)c2)n1. The second-order valence-electron chi connectivity index (χ2n) is 6.33. The fourth-order valence-corrected chi connectivity index (χ4v) is 4.51. The van der Waals surface area contributed by atoms with Crippen LogP contribution in [0.3, 0.4) is 0 Å². The van der Waals surface area contributed by atoms with Crippen molar-refractivity contribution in [2.75, 3.05) is 10.0 Å². The van der Waals surface area contributed by atoms with Gasteiger partial charge >= 0.3 is 0 Å². The normalized spacial score (nSPS) is 11.4. The molecule has 0 spiro atoms. The first-order valence-corrected chi connectivity index (χ1v) is 11.6. The number of carbonyl (C=O) groups excluding carboxylic acids is 1. The van der Waals surface area contributed by atoms with Gasteiger partial charge in [0, 0.05) is 21.1 Å². The number of aromatic nitrogens is 1. The number of hydrogen-bond donors (Lipinski definition) is 2.